The fraction of sp³-hybridized carbons (Fsp3) is 0.552. The minimum Gasteiger partial charge on any atom is -0.344 e. The first-order valence-electron chi connectivity index (χ1n) is 13.4. The Kier molecular flexibility index (Phi) is 7.47. The molecular weight excluding hydrogens is 520 g/mol. The number of amides is 1. The summed E-state index contributed by atoms with van der Waals surface area (Å²) in [6.07, 6.45) is -6.54. The summed E-state index contributed by atoms with van der Waals surface area (Å²) >= 11 is 0. The zero-order chi connectivity index (χ0) is 28.0. The molecule has 3 fully saturated rings. The fourth-order valence-corrected chi connectivity index (χ4v) is 6.35. The van der Waals surface area contributed by atoms with Gasteiger partial charge in [-0.05, 0) is 61.4 Å². The van der Waals surface area contributed by atoms with Crippen LogP contribution in [0.2, 0.25) is 0 Å². The zero-order valence-electron chi connectivity index (χ0n) is 21.9. The van der Waals surface area contributed by atoms with Crippen LogP contribution in [0.15, 0.2) is 42.5 Å². The monoisotopic (exact) mass is 553 g/mol. The summed E-state index contributed by atoms with van der Waals surface area (Å²) in [5.41, 5.74) is -1.98. The van der Waals surface area contributed by atoms with Gasteiger partial charge in [-0.1, -0.05) is 29.8 Å². The van der Waals surface area contributed by atoms with Gasteiger partial charge in [-0.3, -0.25) is 9.69 Å². The molecule has 39 heavy (non-hydrogen) atoms. The van der Waals surface area contributed by atoms with E-state index in [1.165, 1.54) is 12.8 Å². The summed E-state index contributed by atoms with van der Waals surface area (Å²) < 4.78 is 83.9. The van der Waals surface area contributed by atoms with E-state index in [0.29, 0.717) is 38.5 Å². The fourth-order valence-electron chi connectivity index (χ4n) is 6.35. The third kappa shape index (κ3) is 5.82. The van der Waals surface area contributed by atoms with E-state index < -0.39 is 34.9 Å². The van der Waals surface area contributed by atoms with Crippen molar-refractivity contribution in [2.24, 2.45) is 5.92 Å². The van der Waals surface area contributed by atoms with Crippen LogP contribution in [0.3, 0.4) is 0 Å². The molecule has 4 nitrogen and oxygen atoms in total. The molecule has 0 spiro atoms. The molecule has 1 saturated carbocycles. The lowest BCUT2D eigenvalue weighted by Crippen LogP contribution is -2.62. The van der Waals surface area contributed by atoms with Crippen LogP contribution >= 0.6 is 0 Å². The molecule has 2 aromatic rings. The van der Waals surface area contributed by atoms with Crippen molar-refractivity contribution in [1.29, 1.82) is 0 Å². The van der Waals surface area contributed by atoms with Crippen molar-refractivity contribution < 1.29 is 31.1 Å². The summed E-state index contributed by atoms with van der Waals surface area (Å²) in [6, 6.07) is 9.55. The van der Waals surface area contributed by atoms with Gasteiger partial charge in [-0.25, -0.2) is 0 Å². The lowest BCUT2D eigenvalue weighted by Gasteiger charge is -2.56. The average Bonchev–Trinajstić information content (AvgIpc) is 3.72. The molecule has 0 aromatic heterocycles. The molecule has 2 aromatic carbocycles. The molecule has 5 rings (SSSR count). The third-order valence-corrected chi connectivity index (χ3v) is 8.64. The molecule has 1 amide bonds. The molecule has 2 saturated heterocycles. The second-order valence-corrected chi connectivity index (χ2v) is 11.3. The highest BCUT2D eigenvalue weighted by Gasteiger charge is 2.51. The minimum atomic E-state index is -4.94. The van der Waals surface area contributed by atoms with Gasteiger partial charge in [0.2, 0.25) is 6.41 Å². The molecule has 2 unspecified atom stereocenters. The number of piperidine rings is 1. The number of carbonyl (C=O) groups is 1. The number of alkyl halides is 6. The van der Waals surface area contributed by atoms with Crippen LogP contribution in [0.4, 0.5) is 26.3 Å². The van der Waals surface area contributed by atoms with Crippen molar-refractivity contribution >= 4 is 6.41 Å². The lowest BCUT2D eigenvalue weighted by atomic mass is 9.68. The van der Waals surface area contributed by atoms with Gasteiger partial charge >= 0.3 is 12.4 Å². The number of hydrogen-bond donors (Lipinski definition) is 0. The molecule has 0 radical (unpaired) electrons. The first-order valence-corrected chi connectivity index (χ1v) is 13.4. The molecule has 2 aliphatic heterocycles. The van der Waals surface area contributed by atoms with Crippen LogP contribution in [0.5, 0.6) is 0 Å². The summed E-state index contributed by atoms with van der Waals surface area (Å²) in [4.78, 5) is 17.9. The molecule has 1 aliphatic carbocycles. The molecule has 3 aliphatic rings. The first-order chi connectivity index (χ1) is 18.4. The van der Waals surface area contributed by atoms with Crippen molar-refractivity contribution in [1.82, 2.24) is 14.7 Å². The number of halogens is 6. The smallest absolute Gasteiger partial charge is 0.344 e. The van der Waals surface area contributed by atoms with E-state index >= 15 is 0 Å². The molecule has 2 heterocycles. The molecule has 0 N–H and O–H groups in total. The number of benzene rings is 2. The van der Waals surface area contributed by atoms with Gasteiger partial charge in [0.25, 0.3) is 0 Å². The van der Waals surface area contributed by atoms with E-state index in [-0.39, 0.29) is 31.1 Å². The van der Waals surface area contributed by atoms with Crippen LogP contribution in [-0.2, 0) is 22.7 Å². The maximum Gasteiger partial charge on any atom is 0.416 e. The van der Waals surface area contributed by atoms with E-state index in [1.54, 1.807) is 4.90 Å². The normalized spacial score (nSPS) is 25.6. The number of carbonyl (C=O) groups excluding carboxylic acids is 1. The number of nitrogens with zero attached hydrogens (tertiary/aromatic N) is 3. The first kappa shape index (κ1) is 28.0. The Hall–Kier alpha value is -2.59. The van der Waals surface area contributed by atoms with Crippen LogP contribution in [0.25, 0.3) is 0 Å². The van der Waals surface area contributed by atoms with Gasteiger partial charge in [0, 0.05) is 51.7 Å². The Morgan fingerprint density at radius 2 is 1.46 bits per heavy atom. The van der Waals surface area contributed by atoms with E-state index in [1.807, 2.05) is 31.2 Å². The number of hydrogen-bond acceptors (Lipinski definition) is 3. The van der Waals surface area contributed by atoms with Gasteiger partial charge < -0.3 is 9.80 Å². The van der Waals surface area contributed by atoms with Gasteiger partial charge in [-0.15, -0.1) is 0 Å². The van der Waals surface area contributed by atoms with E-state index in [9.17, 15) is 31.1 Å². The Balaban J connectivity index is 1.66. The standard InChI is InChI=1S/C29H33F6N3O/c1-20-2-6-22(7-3-20)26-18-37(19-39)9-8-27(26,38-12-10-36(11-13-38)17-21-4-5-21)23-14-24(28(30,31)32)16-25(15-23)29(33,34)35/h2-3,6-7,14-16,19,21,26H,4-5,8-13,17-18H2,1H3. The van der Waals surface area contributed by atoms with E-state index in [2.05, 4.69) is 9.80 Å². The van der Waals surface area contributed by atoms with Gasteiger partial charge in [0.1, 0.15) is 0 Å². The highest BCUT2D eigenvalue weighted by molar-refractivity contribution is 5.50. The van der Waals surface area contributed by atoms with Gasteiger partial charge in [-0.2, -0.15) is 26.3 Å². The minimum absolute atomic E-state index is 0.0106. The maximum atomic E-state index is 14.0. The predicted molar refractivity (Wildman–Crippen MR) is 135 cm³/mol. The summed E-state index contributed by atoms with van der Waals surface area (Å²) in [6.45, 7) is 5.77. The topological polar surface area (TPSA) is 26.8 Å². The predicted octanol–water partition coefficient (Wildman–Crippen LogP) is 5.90. The highest BCUT2D eigenvalue weighted by Crippen LogP contribution is 2.50. The maximum absolute atomic E-state index is 14.0. The summed E-state index contributed by atoms with van der Waals surface area (Å²) in [5.74, 6) is 0.163. The van der Waals surface area contributed by atoms with Crippen molar-refractivity contribution in [3.63, 3.8) is 0 Å². The Labute approximate surface area is 224 Å². The van der Waals surface area contributed by atoms with E-state index in [0.717, 1.165) is 29.8 Å². The number of aryl methyl sites for hydroxylation is 1. The summed E-state index contributed by atoms with van der Waals surface area (Å²) in [5, 5.41) is 0. The third-order valence-electron chi connectivity index (χ3n) is 8.64. The van der Waals surface area contributed by atoms with Crippen molar-refractivity contribution in [3.8, 4) is 0 Å². The molecule has 212 valence electrons. The Morgan fingerprint density at radius 3 is 1.97 bits per heavy atom. The molecule has 0 bridgehead atoms. The lowest BCUT2D eigenvalue weighted by molar-refractivity contribution is -0.143. The van der Waals surface area contributed by atoms with Crippen molar-refractivity contribution in [3.05, 3.63) is 70.3 Å². The number of rotatable bonds is 6. The largest absolute Gasteiger partial charge is 0.416 e. The molecule has 10 heteroatoms. The second-order valence-electron chi connectivity index (χ2n) is 11.3. The van der Waals surface area contributed by atoms with E-state index in [4.69, 9.17) is 0 Å². The summed E-state index contributed by atoms with van der Waals surface area (Å²) in [7, 11) is 0. The Morgan fingerprint density at radius 1 is 0.872 bits per heavy atom. The van der Waals surface area contributed by atoms with Crippen molar-refractivity contribution in [2.75, 3.05) is 45.8 Å². The van der Waals surface area contributed by atoms with Gasteiger partial charge in [0.05, 0.1) is 16.7 Å². The molecule has 2 atom stereocenters. The van der Waals surface area contributed by atoms with Crippen LogP contribution in [-0.4, -0.2) is 66.9 Å². The van der Waals surface area contributed by atoms with Crippen LogP contribution in [0, 0.1) is 12.8 Å². The van der Waals surface area contributed by atoms with Crippen LogP contribution in [0.1, 0.15) is 53.0 Å². The quantitative estimate of drug-likeness (QED) is 0.329. The van der Waals surface area contributed by atoms with Crippen molar-refractivity contribution in [2.45, 2.75) is 50.0 Å². The Bertz CT molecular complexity index is 1140. The molecular formula is C29H33F6N3O. The average molecular weight is 554 g/mol. The SMILES string of the molecule is Cc1ccc(C2CN(C=O)CCC2(c2cc(C(F)(F)F)cc(C(F)(F)F)c2)N2CCN(CC3CC3)CC2)cc1. The second kappa shape index (κ2) is 10.4. The highest BCUT2D eigenvalue weighted by atomic mass is 19.4. The zero-order valence-corrected chi connectivity index (χ0v) is 21.9. The number of likely N-dealkylation sites (tertiary alicyclic amines) is 1. The van der Waals surface area contributed by atoms with Gasteiger partial charge in [0.15, 0.2) is 0 Å². The number of piperazine rings is 1. The van der Waals surface area contributed by atoms with Crippen LogP contribution < -0.4 is 0 Å².